The van der Waals surface area contributed by atoms with Gasteiger partial charge in [0, 0.05) is 27.6 Å². The highest BCUT2D eigenvalue weighted by atomic mass is 35.5. The average Bonchev–Trinajstić information content (AvgIpc) is 3.17. The number of hydrogen-bond acceptors (Lipinski definition) is 4. The summed E-state index contributed by atoms with van der Waals surface area (Å²) in [7, 11) is 0. The Morgan fingerprint density at radius 3 is 2.71 bits per heavy atom. The van der Waals surface area contributed by atoms with Crippen molar-refractivity contribution in [2.45, 2.75) is 19.9 Å². The minimum absolute atomic E-state index is 0.175. The minimum Gasteiger partial charge on any atom is -0.255 e. The Kier molecular flexibility index (Phi) is 5.56. The molecule has 0 spiro atoms. The Hall–Kier alpha value is -1.40. The third kappa shape index (κ3) is 3.98. The van der Waals surface area contributed by atoms with Crippen LogP contribution in [0.1, 0.15) is 19.4 Å². The largest absolute Gasteiger partial charge is 0.255 e. The molecule has 3 rings (SSSR count). The van der Waals surface area contributed by atoms with Gasteiger partial charge in [0.1, 0.15) is 0 Å². The lowest BCUT2D eigenvalue weighted by Gasteiger charge is -2.06. The third-order valence-corrected chi connectivity index (χ3v) is 5.22. The van der Waals surface area contributed by atoms with Gasteiger partial charge < -0.3 is 0 Å². The molecule has 0 unspecified atom stereocenters. The topological polar surface area (TPSA) is 29.6 Å². The predicted molar refractivity (Wildman–Crippen MR) is 106 cm³/mol. The molecule has 0 aliphatic rings. The third-order valence-electron chi connectivity index (χ3n) is 3.12. The molecule has 0 saturated heterocycles. The van der Waals surface area contributed by atoms with E-state index in [1.807, 2.05) is 53.0 Å². The van der Waals surface area contributed by atoms with Crippen LogP contribution in [0.25, 0.3) is 11.3 Å². The van der Waals surface area contributed by atoms with Crippen LogP contribution in [0, 0.1) is 0 Å². The van der Waals surface area contributed by atoms with E-state index in [1.165, 1.54) is 11.3 Å². The summed E-state index contributed by atoms with van der Waals surface area (Å²) in [5, 5.41) is 12.0. The van der Waals surface area contributed by atoms with Gasteiger partial charge in [-0.05, 0) is 48.9 Å². The molecule has 0 N–H and O–H groups in total. The van der Waals surface area contributed by atoms with Crippen LogP contribution in [-0.4, -0.2) is 16.9 Å². The summed E-state index contributed by atoms with van der Waals surface area (Å²) in [6.07, 6.45) is 1.82. The molecule has 0 aliphatic carbocycles. The standard InChI is InChI=1S/C17H15Cl2N3S2/c1-11(2)21-17-22(20-8-12-5-6-23-9-12)16(10-24-17)14-7-13(18)3-4-15(14)19/h3-11H,1-2H3. The van der Waals surface area contributed by atoms with Gasteiger partial charge in [0.25, 0.3) is 0 Å². The summed E-state index contributed by atoms with van der Waals surface area (Å²) in [5.74, 6) is 0. The summed E-state index contributed by atoms with van der Waals surface area (Å²) in [4.78, 5) is 5.47. The number of aromatic nitrogens is 1. The quantitative estimate of drug-likeness (QED) is 0.501. The number of thiazole rings is 1. The van der Waals surface area contributed by atoms with Crippen LogP contribution >= 0.6 is 45.9 Å². The molecule has 7 heteroatoms. The highest BCUT2D eigenvalue weighted by molar-refractivity contribution is 7.08. The van der Waals surface area contributed by atoms with E-state index >= 15 is 0 Å². The first-order valence-electron chi connectivity index (χ1n) is 7.31. The molecular weight excluding hydrogens is 381 g/mol. The summed E-state index contributed by atoms with van der Waals surface area (Å²) >= 11 is 15.7. The molecule has 0 fully saturated rings. The van der Waals surface area contributed by atoms with Crippen molar-refractivity contribution in [3.8, 4) is 11.3 Å². The van der Waals surface area contributed by atoms with Crippen LogP contribution in [0.3, 0.4) is 0 Å². The van der Waals surface area contributed by atoms with Gasteiger partial charge in [-0.3, -0.25) is 4.99 Å². The van der Waals surface area contributed by atoms with Crippen LogP contribution in [0.5, 0.6) is 0 Å². The number of benzene rings is 1. The van der Waals surface area contributed by atoms with Crippen molar-refractivity contribution in [3.63, 3.8) is 0 Å². The number of rotatable bonds is 4. The van der Waals surface area contributed by atoms with E-state index in [0.717, 1.165) is 21.6 Å². The second-order valence-electron chi connectivity index (χ2n) is 5.36. The van der Waals surface area contributed by atoms with E-state index < -0.39 is 0 Å². The molecule has 2 heterocycles. The SMILES string of the molecule is CC(C)N=c1scc(-c2cc(Cl)ccc2Cl)n1N=Cc1ccsc1. The molecule has 0 amide bonds. The van der Waals surface area contributed by atoms with E-state index in [9.17, 15) is 0 Å². The smallest absolute Gasteiger partial charge is 0.206 e. The van der Waals surface area contributed by atoms with Gasteiger partial charge in [-0.25, -0.2) is 4.68 Å². The van der Waals surface area contributed by atoms with Gasteiger partial charge in [-0.2, -0.15) is 16.4 Å². The fraction of sp³-hybridized carbons (Fsp3) is 0.176. The van der Waals surface area contributed by atoms with E-state index in [-0.39, 0.29) is 6.04 Å². The van der Waals surface area contributed by atoms with E-state index in [2.05, 4.69) is 10.1 Å². The maximum Gasteiger partial charge on any atom is 0.206 e. The highest BCUT2D eigenvalue weighted by Crippen LogP contribution is 2.31. The molecule has 0 bridgehead atoms. The first-order chi connectivity index (χ1) is 11.5. The van der Waals surface area contributed by atoms with Gasteiger partial charge >= 0.3 is 0 Å². The second kappa shape index (κ2) is 7.66. The Balaban J connectivity index is 2.16. The van der Waals surface area contributed by atoms with Crippen LogP contribution in [0.2, 0.25) is 10.0 Å². The zero-order valence-electron chi connectivity index (χ0n) is 13.1. The van der Waals surface area contributed by atoms with Crippen molar-refractivity contribution in [1.29, 1.82) is 0 Å². The van der Waals surface area contributed by atoms with Gasteiger partial charge in [0.05, 0.1) is 16.9 Å². The first-order valence-corrected chi connectivity index (χ1v) is 9.89. The molecular formula is C17H15Cl2N3S2. The fourth-order valence-electron chi connectivity index (χ4n) is 2.07. The highest BCUT2D eigenvalue weighted by Gasteiger charge is 2.12. The van der Waals surface area contributed by atoms with Crippen LogP contribution < -0.4 is 4.80 Å². The van der Waals surface area contributed by atoms with Crippen molar-refractivity contribution >= 4 is 52.1 Å². The average molecular weight is 396 g/mol. The summed E-state index contributed by atoms with van der Waals surface area (Å²) < 4.78 is 1.82. The van der Waals surface area contributed by atoms with E-state index in [1.54, 1.807) is 23.5 Å². The zero-order valence-corrected chi connectivity index (χ0v) is 16.3. The minimum atomic E-state index is 0.175. The summed E-state index contributed by atoms with van der Waals surface area (Å²) in [5.41, 5.74) is 2.77. The van der Waals surface area contributed by atoms with Crippen LogP contribution in [0.15, 0.2) is 50.5 Å². The lowest BCUT2D eigenvalue weighted by Crippen LogP contribution is -2.14. The second-order valence-corrected chi connectivity index (χ2v) is 7.82. The lowest BCUT2D eigenvalue weighted by molar-refractivity contribution is 0.755. The maximum absolute atomic E-state index is 6.37. The van der Waals surface area contributed by atoms with E-state index in [0.29, 0.717) is 10.0 Å². The molecule has 0 saturated carbocycles. The molecule has 0 atom stereocenters. The fourth-order valence-corrected chi connectivity index (χ4v) is 4.03. The monoisotopic (exact) mass is 395 g/mol. The molecule has 24 heavy (non-hydrogen) atoms. The normalized spacial score (nSPS) is 12.6. The maximum atomic E-state index is 6.37. The summed E-state index contributed by atoms with van der Waals surface area (Å²) in [6, 6.07) is 7.61. The van der Waals surface area contributed by atoms with Gasteiger partial charge in [-0.1, -0.05) is 23.2 Å². The van der Waals surface area contributed by atoms with Gasteiger partial charge in [0.2, 0.25) is 4.80 Å². The van der Waals surface area contributed by atoms with Crippen molar-refractivity contribution in [2.24, 2.45) is 10.1 Å². The van der Waals surface area contributed by atoms with Gasteiger partial charge in [-0.15, -0.1) is 11.3 Å². The first kappa shape index (κ1) is 17.4. The van der Waals surface area contributed by atoms with Crippen LogP contribution in [-0.2, 0) is 0 Å². The Labute approximate surface area is 158 Å². The van der Waals surface area contributed by atoms with Crippen molar-refractivity contribution in [1.82, 2.24) is 4.68 Å². The van der Waals surface area contributed by atoms with Crippen molar-refractivity contribution < 1.29 is 0 Å². The molecule has 124 valence electrons. The molecule has 3 aromatic rings. The molecule has 1 aromatic carbocycles. The Bertz CT molecular complexity index is 922. The molecule has 3 nitrogen and oxygen atoms in total. The molecule has 2 aromatic heterocycles. The number of hydrogen-bond donors (Lipinski definition) is 0. The number of thiophene rings is 1. The Morgan fingerprint density at radius 2 is 2.00 bits per heavy atom. The van der Waals surface area contributed by atoms with E-state index in [4.69, 9.17) is 23.2 Å². The number of halogens is 2. The Morgan fingerprint density at radius 1 is 1.17 bits per heavy atom. The lowest BCUT2D eigenvalue weighted by atomic mass is 10.2. The number of nitrogens with zero attached hydrogens (tertiary/aromatic N) is 3. The molecule has 0 aliphatic heterocycles. The van der Waals surface area contributed by atoms with Crippen molar-refractivity contribution in [2.75, 3.05) is 0 Å². The van der Waals surface area contributed by atoms with Crippen molar-refractivity contribution in [3.05, 3.63) is 60.8 Å². The predicted octanol–water partition coefficient (Wildman–Crippen LogP) is 5.78. The van der Waals surface area contributed by atoms with Crippen LogP contribution in [0.4, 0.5) is 0 Å². The molecule has 0 radical (unpaired) electrons. The summed E-state index contributed by atoms with van der Waals surface area (Å²) in [6.45, 7) is 4.08. The zero-order chi connectivity index (χ0) is 17.1. The van der Waals surface area contributed by atoms with Gasteiger partial charge in [0.15, 0.2) is 0 Å².